The van der Waals surface area contributed by atoms with Gasteiger partial charge in [0.2, 0.25) is 0 Å². The molecule has 0 N–H and O–H groups in total. The fourth-order valence-electron chi connectivity index (χ4n) is 2.28. The second kappa shape index (κ2) is 5.29. The molecule has 0 amide bonds. The van der Waals surface area contributed by atoms with Crippen LogP contribution in [0.15, 0.2) is 41.1 Å². The maximum Gasteiger partial charge on any atom is 0.153 e. The Hall–Kier alpha value is -2.21. The summed E-state index contributed by atoms with van der Waals surface area (Å²) in [5.74, 6) is 0. The highest BCUT2D eigenvalue weighted by Crippen LogP contribution is 2.24. The molecule has 2 aromatic heterocycles. The summed E-state index contributed by atoms with van der Waals surface area (Å²) < 4.78 is 4.44. The van der Waals surface area contributed by atoms with Gasteiger partial charge in [0, 0.05) is 23.9 Å². The third-order valence-electron chi connectivity index (χ3n) is 3.34. The first-order valence-electron chi connectivity index (χ1n) is 6.40. The average Bonchev–Trinajstić information content (AvgIpc) is 3.04. The number of hydrogen-bond donors (Lipinski definition) is 0. The van der Waals surface area contributed by atoms with Crippen molar-refractivity contribution in [2.45, 2.75) is 6.92 Å². The van der Waals surface area contributed by atoms with Gasteiger partial charge in [0.1, 0.15) is 5.69 Å². The number of aryl methyl sites for hydroxylation is 2. The molecular weight excluding hydrogens is 332 g/mol. The van der Waals surface area contributed by atoms with E-state index in [0.717, 1.165) is 27.7 Å². The molecule has 0 bridgehead atoms. The quantitative estimate of drug-likeness (QED) is 0.685. The smallest absolute Gasteiger partial charge is 0.153 e. The number of carbonyl (C=O) groups excluding carboxylic acids is 1. The molecule has 21 heavy (non-hydrogen) atoms. The molecule has 0 atom stereocenters. The summed E-state index contributed by atoms with van der Waals surface area (Å²) in [6.07, 6.45) is 4.25. The topological polar surface area (TPSA) is 52.7 Å². The van der Waals surface area contributed by atoms with Gasteiger partial charge in [0.25, 0.3) is 0 Å². The Bertz CT molecular complexity index is 819. The summed E-state index contributed by atoms with van der Waals surface area (Å²) >= 11 is 3.45. The van der Waals surface area contributed by atoms with Gasteiger partial charge < -0.3 is 0 Å². The van der Waals surface area contributed by atoms with Crippen LogP contribution in [0.25, 0.3) is 17.1 Å². The Morgan fingerprint density at radius 3 is 2.71 bits per heavy atom. The lowest BCUT2D eigenvalue weighted by molar-refractivity contribution is 0.112. The Kier molecular flexibility index (Phi) is 3.47. The largest absolute Gasteiger partial charge is 0.298 e. The van der Waals surface area contributed by atoms with E-state index in [4.69, 9.17) is 0 Å². The zero-order valence-electron chi connectivity index (χ0n) is 11.6. The maximum absolute atomic E-state index is 11.3. The number of nitrogens with zero attached hydrogens (tertiary/aromatic N) is 4. The van der Waals surface area contributed by atoms with Gasteiger partial charge in [-0.2, -0.15) is 10.2 Å². The van der Waals surface area contributed by atoms with Crippen LogP contribution >= 0.6 is 15.9 Å². The third kappa shape index (κ3) is 2.42. The minimum absolute atomic E-state index is 0.543. The Morgan fingerprint density at radius 1 is 1.29 bits per heavy atom. The van der Waals surface area contributed by atoms with E-state index in [-0.39, 0.29) is 0 Å². The number of aldehydes is 1. The summed E-state index contributed by atoms with van der Waals surface area (Å²) in [7, 11) is 1.83. The lowest BCUT2D eigenvalue weighted by atomic mass is 10.2. The summed E-state index contributed by atoms with van der Waals surface area (Å²) in [6, 6.07) is 7.78. The Labute approximate surface area is 130 Å². The van der Waals surface area contributed by atoms with E-state index in [2.05, 4.69) is 26.1 Å². The van der Waals surface area contributed by atoms with Crippen molar-refractivity contribution in [3.63, 3.8) is 0 Å². The molecule has 0 unspecified atom stereocenters. The van der Waals surface area contributed by atoms with Crippen molar-refractivity contribution in [1.82, 2.24) is 19.6 Å². The molecule has 3 rings (SSSR count). The number of halogens is 1. The van der Waals surface area contributed by atoms with Crippen LogP contribution in [0.3, 0.4) is 0 Å². The van der Waals surface area contributed by atoms with Crippen LogP contribution in [0.5, 0.6) is 0 Å². The first kappa shape index (κ1) is 13.8. The number of benzene rings is 1. The molecule has 1 aromatic carbocycles. The van der Waals surface area contributed by atoms with E-state index in [1.54, 1.807) is 21.8 Å². The van der Waals surface area contributed by atoms with E-state index < -0.39 is 0 Å². The van der Waals surface area contributed by atoms with E-state index >= 15 is 0 Å². The molecule has 5 nitrogen and oxygen atoms in total. The van der Waals surface area contributed by atoms with Gasteiger partial charge in [0.15, 0.2) is 6.29 Å². The van der Waals surface area contributed by atoms with Gasteiger partial charge in [-0.15, -0.1) is 0 Å². The van der Waals surface area contributed by atoms with Gasteiger partial charge >= 0.3 is 0 Å². The van der Waals surface area contributed by atoms with Crippen molar-refractivity contribution in [1.29, 1.82) is 0 Å². The zero-order chi connectivity index (χ0) is 15.0. The SMILES string of the molecule is Cc1cc(Br)ccc1-n1cc(C=O)c(-c2ccnn2C)n1. The monoisotopic (exact) mass is 344 g/mol. The minimum Gasteiger partial charge on any atom is -0.298 e. The van der Waals surface area contributed by atoms with E-state index in [1.807, 2.05) is 38.2 Å². The molecule has 0 spiro atoms. The first-order valence-corrected chi connectivity index (χ1v) is 7.19. The molecule has 0 fully saturated rings. The second-order valence-electron chi connectivity index (χ2n) is 4.77. The lowest BCUT2D eigenvalue weighted by Crippen LogP contribution is -1.99. The van der Waals surface area contributed by atoms with Crippen molar-refractivity contribution < 1.29 is 4.79 Å². The average molecular weight is 345 g/mol. The fraction of sp³-hybridized carbons (Fsp3) is 0.133. The van der Waals surface area contributed by atoms with Crippen molar-refractivity contribution in [2.24, 2.45) is 7.05 Å². The summed E-state index contributed by atoms with van der Waals surface area (Å²) in [5, 5.41) is 8.68. The summed E-state index contributed by atoms with van der Waals surface area (Å²) in [6.45, 7) is 2.01. The predicted octanol–water partition coefficient (Wildman–Crippen LogP) is 3.16. The predicted molar refractivity (Wildman–Crippen MR) is 83.6 cm³/mol. The van der Waals surface area contributed by atoms with Crippen LogP contribution < -0.4 is 0 Å². The summed E-state index contributed by atoms with van der Waals surface area (Å²) in [5.41, 5.74) is 3.99. The highest BCUT2D eigenvalue weighted by molar-refractivity contribution is 9.10. The molecule has 0 aliphatic carbocycles. The van der Waals surface area contributed by atoms with Crippen LogP contribution in [0.2, 0.25) is 0 Å². The van der Waals surface area contributed by atoms with Crippen molar-refractivity contribution >= 4 is 22.2 Å². The molecular formula is C15H13BrN4O. The maximum atomic E-state index is 11.3. The Balaban J connectivity index is 2.16. The minimum atomic E-state index is 0.543. The van der Waals surface area contributed by atoms with E-state index in [0.29, 0.717) is 11.3 Å². The standard InChI is InChI=1S/C15H13BrN4O/c1-10-7-12(16)3-4-13(10)20-8-11(9-21)15(18-20)14-5-6-17-19(14)2/h3-9H,1-2H3. The van der Waals surface area contributed by atoms with E-state index in [1.165, 1.54) is 0 Å². The van der Waals surface area contributed by atoms with Crippen molar-refractivity contribution in [2.75, 3.05) is 0 Å². The number of carbonyl (C=O) groups is 1. The van der Waals surface area contributed by atoms with Crippen LogP contribution in [-0.2, 0) is 7.05 Å². The lowest BCUT2D eigenvalue weighted by Gasteiger charge is -2.06. The molecule has 2 heterocycles. The van der Waals surface area contributed by atoms with Crippen molar-refractivity contribution in [3.8, 4) is 17.1 Å². The second-order valence-corrected chi connectivity index (χ2v) is 5.68. The highest BCUT2D eigenvalue weighted by atomic mass is 79.9. The number of hydrogen-bond acceptors (Lipinski definition) is 3. The van der Waals surface area contributed by atoms with Crippen LogP contribution in [0.1, 0.15) is 15.9 Å². The molecule has 0 saturated carbocycles. The van der Waals surface area contributed by atoms with Gasteiger partial charge in [-0.05, 0) is 36.8 Å². The van der Waals surface area contributed by atoms with Gasteiger partial charge in [-0.3, -0.25) is 9.48 Å². The molecule has 106 valence electrons. The van der Waals surface area contributed by atoms with Gasteiger partial charge in [-0.1, -0.05) is 15.9 Å². The number of rotatable bonds is 3. The van der Waals surface area contributed by atoms with Gasteiger partial charge in [-0.25, -0.2) is 4.68 Å². The van der Waals surface area contributed by atoms with Crippen LogP contribution in [-0.4, -0.2) is 25.8 Å². The summed E-state index contributed by atoms with van der Waals surface area (Å²) in [4.78, 5) is 11.3. The van der Waals surface area contributed by atoms with Gasteiger partial charge in [0.05, 0.1) is 16.9 Å². The zero-order valence-corrected chi connectivity index (χ0v) is 13.2. The molecule has 0 radical (unpaired) electrons. The molecule has 3 aromatic rings. The molecule has 0 saturated heterocycles. The third-order valence-corrected chi connectivity index (χ3v) is 3.83. The highest BCUT2D eigenvalue weighted by Gasteiger charge is 2.15. The van der Waals surface area contributed by atoms with Crippen LogP contribution in [0, 0.1) is 6.92 Å². The molecule has 0 aliphatic heterocycles. The van der Waals surface area contributed by atoms with Crippen LogP contribution in [0.4, 0.5) is 0 Å². The first-order chi connectivity index (χ1) is 10.1. The number of aromatic nitrogens is 4. The van der Waals surface area contributed by atoms with E-state index in [9.17, 15) is 4.79 Å². The normalized spacial score (nSPS) is 10.8. The Morgan fingerprint density at radius 2 is 2.10 bits per heavy atom. The fourth-order valence-corrected chi connectivity index (χ4v) is 2.75. The van der Waals surface area contributed by atoms with Crippen molar-refractivity contribution in [3.05, 3.63) is 52.3 Å². The molecule has 6 heteroatoms. The molecule has 0 aliphatic rings.